The number of hydrogen-bond donors (Lipinski definition) is 2. The minimum Gasteiger partial charge on any atom is -0.271 e. The first-order valence-corrected chi connectivity index (χ1v) is 7.68. The summed E-state index contributed by atoms with van der Waals surface area (Å²) in [4.78, 5) is 1.15. The van der Waals surface area contributed by atoms with Crippen molar-refractivity contribution in [2.45, 2.75) is 24.3 Å². The molecule has 2 nitrogen and oxygen atoms in total. The van der Waals surface area contributed by atoms with Crippen molar-refractivity contribution in [3.8, 4) is 0 Å². The Kier molecular flexibility index (Phi) is 5.73. The van der Waals surface area contributed by atoms with Crippen LogP contribution in [0.1, 0.15) is 11.1 Å². The first kappa shape index (κ1) is 15.9. The summed E-state index contributed by atoms with van der Waals surface area (Å²) in [5, 5.41) is 0. The maximum absolute atomic E-state index is 13.7. The second kappa shape index (κ2) is 7.54. The van der Waals surface area contributed by atoms with Gasteiger partial charge in [0.1, 0.15) is 11.6 Å². The van der Waals surface area contributed by atoms with E-state index in [0.29, 0.717) is 5.75 Å². The van der Waals surface area contributed by atoms with Crippen molar-refractivity contribution in [2.24, 2.45) is 5.84 Å². The molecule has 2 aromatic carbocycles. The molecule has 0 saturated carbocycles. The van der Waals surface area contributed by atoms with Gasteiger partial charge in [0.2, 0.25) is 0 Å². The molecule has 0 fully saturated rings. The molecule has 21 heavy (non-hydrogen) atoms. The quantitative estimate of drug-likeness (QED) is 0.488. The highest BCUT2D eigenvalue weighted by Crippen LogP contribution is 2.24. The van der Waals surface area contributed by atoms with E-state index in [1.54, 1.807) is 11.8 Å². The van der Waals surface area contributed by atoms with Gasteiger partial charge in [0.05, 0.1) is 0 Å². The van der Waals surface area contributed by atoms with E-state index >= 15 is 0 Å². The molecule has 1 atom stereocenters. The van der Waals surface area contributed by atoms with Gasteiger partial charge in [0.25, 0.3) is 0 Å². The Hall–Kier alpha value is -1.43. The lowest BCUT2D eigenvalue weighted by molar-refractivity contribution is 0.512. The molecule has 0 aliphatic carbocycles. The van der Waals surface area contributed by atoms with Crippen molar-refractivity contribution in [3.05, 3.63) is 65.2 Å². The molecule has 0 aliphatic rings. The molecule has 0 heterocycles. The van der Waals surface area contributed by atoms with Crippen LogP contribution in [-0.4, -0.2) is 11.8 Å². The van der Waals surface area contributed by atoms with E-state index < -0.39 is 11.6 Å². The number of benzene rings is 2. The van der Waals surface area contributed by atoms with E-state index in [2.05, 4.69) is 5.43 Å². The van der Waals surface area contributed by atoms with Crippen LogP contribution >= 0.6 is 11.8 Å². The second-order valence-electron chi connectivity index (χ2n) is 4.84. The monoisotopic (exact) mass is 308 g/mol. The van der Waals surface area contributed by atoms with Crippen molar-refractivity contribution in [3.63, 3.8) is 0 Å². The number of nitrogens with one attached hydrogen (secondary N) is 1. The molecule has 0 radical (unpaired) electrons. The molecule has 1 unspecified atom stereocenters. The van der Waals surface area contributed by atoms with Crippen molar-refractivity contribution in [1.29, 1.82) is 0 Å². The predicted molar refractivity (Wildman–Crippen MR) is 83.1 cm³/mol. The van der Waals surface area contributed by atoms with E-state index in [9.17, 15) is 8.78 Å². The molecule has 0 spiro atoms. The number of aryl methyl sites for hydroxylation is 1. The second-order valence-corrected chi connectivity index (χ2v) is 5.91. The smallest absolute Gasteiger partial charge is 0.129 e. The number of nitrogens with two attached hydrogens (primary N) is 1. The van der Waals surface area contributed by atoms with E-state index in [-0.39, 0.29) is 18.0 Å². The van der Waals surface area contributed by atoms with E-state index in [0.717, 1.165) is 4.90 Å². The third-order valence-corrected chi connectivity index (χ3v) is 4.62. The van der Waals surface area contributed by atoms with Crippen molar-refractivity contribution in [2.75, 3.05) is 5.75 Å². The molecule has 5 heteroatoms. The summed E-state index contributed by atoms with van der Waals surface area (Å²) >= 11 is 1.62. The van der Waals surface area contributed by atoms with Crippen molar-refractivity contribution in [1.82, 2.24) is 5.43 Å². The average Bonchev–Trinajstić information content (AvgIpc) is 2.48. The molecule has 0 amide bonds. The largest absolute Gasteiger partial charge is 0.271 e. The van der Waals surface area contributed by atoms with Crippen LogP contribution in [-0.2, 0) is 6.42 Å². The highest BCUT2D eigenvalue weighted by atomic mass is 32.2. The Morgan fingerprint density at radius 3 is 2.38 bits per heavy atom. The summed E-state index contributed by atoms with van der Waals surface area (Å²) in [6.07, 6.45) is 0.216. The van der Waals surface area contributed by atoms with Crippen LogP contribution in [0.4, 0.5) is 8.78 Å². The third kappa shape index (κ3) is 4.27. The zero-order valence-corrected chi connectivity index (χ0v) is 12.6. The Morgan fingerprint density at radius 1 is 1.10 bits per heavy atom. The SMILES string of the molecule is Cc1ccccc1SCC(Cc1c(F)cccc1F)NN. The Bertz CT molecular complexity index is 584. The number of rotatable bonds is 6. The van der Waals surface area contributed by atoms with Gasteiger partial charge < -0.3 is 0 Å². The topological polar surface area (TPSA) is 38.0 Å². The van der Waals surface area contributed by atoms with Crippen molar-refractivity contribution >= 4 is 11.8 Å². The number of hydrazine groups is 1. The first-order valence-electron chi connectivity index (χ1n) is 6.69. The lowest BCUT2D eigenvalue weighted by atomic mass is 10.1. The van der Waals surface area contributed by atoms with Gasteiger partial charge in [-0.3, -0.25) is 11.3 Å². The van der Waals surface area contributed by atoms with Gasteiger partial charge in [-0.1, -0.05) is 24.3 Å². The van der Waals surface area contributed by atoms with E-state index in [1.807, 2.05) is 31.2 Å². The number of thioether (sulfide) groups is 1. The maximum Gasteiger partial charge on any atom is 0.129 e. The van der Waals surface area contributed by atoms with Crippen LogP contribution in [0.25, 0.3) is 0 Å². The Balaban J connectivity index is 2.02. The molecule has 112 valence electrons. The van der Waals surface area contributed by atoms with Gasteiger partial charge in [0.15, 0.2) is 0 Å². The van der Waals surface area contributed by atoms with E-state index in [4.69, 9.17) is 5.84 Å². The summed E-state index contributed by atoms with van der Waals surface area (Å²) in [6, 6.07) is 11.7. The molecule has 0 aromatic heterocycles. The lowest BCUT2D eigenvalue weighted by Crippen LogP contribution is -2.39. The van der Waals surface area contributed by atoms with Gasteiger partial charge in [-0.25, -0.2) is 8.78 Å². The van der Waals surface area contributed by atoms with Gasteiger partial charge in [-0.05, 0) is 37.1 Å². The summed E-state index contributed by atoms with van der Waals surface area (Å²) in [5.41, 5.74) is 3.89. The third-order valence-electron chi connectivity index (χ3n) is 3.28. The maximum atomic E-state index is 13.7. The van der Waals surface area contributed by atoms with Gasteiger partial charge in [0, 0.05) is 22.3 Å². The highest BCUT2D eigenvalue weighted by molar-refractivity contribution is 7.99. The fourth-order valence-corrected chi connectivity index (χ4v) is 3.11. The zero-order valence-electron chi connectivity index (χ0n) is 11.8. The summed E-state index contributed by atoms with van der Waals surface area (Å²) < 4.78 is 27.3. The van der Waals surface area contributed by atoms with Gasteiger partial charge >= 0.3 is 0 Å². The van der Waals surface area contributed by atoms with Gasteiger partial charge in [-0.15, -0.1) is 11.8 Å². The Morgan fingerprint density at radius 2 is 1.76 bits per heavy atom. The number of hydrogen-bond acceptors (Lipinski definition) is 3. The minimum absolute atomic E-state index is 0.0748. The van der Waals surface area contributed by atoms with Crippen LogP contribution in [0.15, 0.2) is 47.4 Å². The van der Waals surface area contributed by atoms with Gasteiger partial charge in [-0.2, -0.15) is 0 Å². The summed E-state index contributed by atoms with van der Waals surface area (Å²) in [5.74, 6) is 5.09. The fraction of sp³-hybridized carbons (Fsp3) is 0.250. The lowest BCUT2D eigenvalue weighted by Gasteiger charge is -2.17. The van der Waals surface area contributed by atoms with Crippen LogP contribution in [0.3, 0.4) is 0 Å². The zero-order chi connectivity index (χ0) is 15.2. The minimum atomic E-state index is -0.531. The molecular formula is C16H18F2N2S. The molecular weight excluding hydrogens is 290 g/mol. The van der Waals surface area contributed by atoms with Crippen LogP contribution in [0.5, 0.6) is 0 Å². The van der Waals surface area contributed by atoms with Crippen LogP contribution in [0.2, 0.25) is 0 Å². The molecule has 2 rings (SSSR count). The van der Waals surface area contributed by atoms with Crippen LogP contribution < -0.4 is 11.3 Å². The predicted octanol–water partition coefficient (Wildman–Crippen LogP) is 3.44. The summed E-state index contributed by atoms with van der Waals surface area (Å²) in [7, 11) is 0. The molecule has 3 N–H and O–H groups in total. The van der Waals surface area contributed by atoms with E-state index in [1.165, 1.54) is 23.8 Å². The average molecular weight is 308 g/mol. The standard InChI is InChI=1S/C16H18F2N2S/c1-11-5-2-3-8-16(11)21-10-12(20-19)9-13-14(17)6-4-7-15(13)18/h2-8,12,20H,9-10,19H2,1H3. The Labute approximate surface area is 127 Å². The molecule has 0 bridgehead atoms. The van der Waals surface area contributed by atoms with Crippen molar-refractivity contribution < 1.29 is 8.78 Å². The normalized spacial score (nSPS) is 12.4. The van der Waals surface area contributed by atoms with Crippen LogP contribution in [0, 0.1) is 18.6 Å². The molecule has 0 aliphatic heterocycles. The molecule has 2 aromatic rings. The highest BCUT2D eigenvalue weighted by Gasteiger charge is 2.15. The first-order chi connectivity index (χ1) is 10.1. The summed E-state index contributed by atoms with van der Waals surface area (Å²) in [6.45, 7) is 2.03. The fourth-order valence-electron chi connectivity index (χ4n) is 2.05. The number of halogens is 2. The molecule has 0 saturated heterocycles.